The van der Waals surface area contributed by atoms with Crippen molar-refractivity contribution < 1.29 is 14.0 Å². The lowest BCUT2D eigenvalue weighted by atomic mass is 10.3. The van der Waals surface area contributed by atoms with Crippen LogP contribution in [0.4, 0.5) is 0 Å². The summed E-state index contributed by atoms with van der Waals surface area (Å²) in [4.78, 5) is 3.90. The van der Waals surface area contributed by atoms with Crippen molar-refractivity contribution in [3.05, 3.63) is 5.82 Å². The summed E-state index contributed by atoms with van der Waals surface area (Å²) in [7, 11) is 1.45. The zero-order chi connectivity index (χ0) is 10.4. The molecule has 0 aliphatic heterocycles. The van der Waals surface area contributed by atoms with Crippen molar-refractivity contribution in [2.75, 3.05) is 20.3 Å². The Kier molecular flexibility index (Phi) is 4.34. The first kappa shape index (κ1) is 10.9. The highest BCUT2D eigenvalue weighted by atomic mass is 16.6. The molecule has 0 saturated heterocycles. The molecular weight excluding hydrogens is 186 g/mol. The zero-order valence-corrected chi connectivity index (χ0v) is 8.40. The fourth-order valence-electron chi connectivity index (χ4n) is 0.883. The lowest BCUT2D eigenvalue weighted by Gasteiger charge is -2.06. The van der Waals surface area contributed by atoms with Gasteiger partial charge in [0.2, 0.25) is 0 Å². The van der Waals surface area contributed by atoms with Gasteiger partial charge in [-0.1, -0.05) is 12.1 Å². The van der Waals surface area contributed by atoms with Gasteiger partial charge in [0.1, 0.15) is 0 Å². The van der Waals surface area contributed by atoms with E-state index in [0.717, 1.165) is 6.42 Å². The molecule has 2 N–H and O–H groups in total. The summed E-state index contributed by atoms with van der Waals surface area (Å²) in [5.41, 5.74) is 5.74. The van der Waals surface area contributed by atoms with Crippen molar-refractivity contribution in [3.8, 4) is 6.08 Å². The summed E-state index contributed by atoms with van der Waals surface area (Å²) < 4.78 is 14.7. The number of methoxy groups -OCH3 is 1. The molecule has 0 saturated carbocycles. The van der Waals surface area contributed by atoms with Crippen molar-refractivity contribution in [2.45, 2.75) is 19.4 Å². The molecule has 0 amide bonds. The average molecular weight is 201 g/mol. The molecule has 0 bridgehead atoms. The van der Waals surface area contributed by atoms with Crippen molar-refractivity contribution in [3.63, 3.8) is 0 Å². The van der Waals surface area contributed by atoms with Gasteiger partial charge in [-0.05, 0) is 6.42 Å². The van der Waals surface area contributed by atoms with E-state index in [1.807, 2.05) is 6.92 Å². The molecule has 1 aromatic heterocycles. The second-order valence-electron chi connectivity index (χ2n) is 2.80. The quantitative estimate of drug-likeness (QED) is 0.675. The number of hydrogen-bond donors (Lipinski definition) is 1. The van der Waals surface area contributed by atoms with Crippen LogP contribution in [0.25, 0.3) is 0 Å². The highest BCUT2D eigenvalue weighted by Crippen LogP contribution is 2.11. The van der Waals surface area contributed by atoms with Crippen molar-refractivity contribution >= 4 is 0 Å². The molecule has 0 aliphatic rings. The molecule has 1 aromatic rings. The molecular formula is C8H15N3O3. The van der Waals surface area contributed by atoms with Crippen LogP contribution in [0, 0.1) is 0 Å². The normalized spacial score (nSPS) is 12.8. The summed E-state index contributed by atoms with van der Waals surface area (Å²) >= 11 is 0. The molecule has 0 fully saturated rings. The topological polar surface area (TPSA) is 83.4 Å². The molecule has 80 valence electrons. The lowest BCUT2D eigenvalue weighted by molar-refractivity contribution is 0.119. The first-order chi connectivity index (χ1) is 6.77. The van der Waals surface area contributed by atoms with Crippen LogP contribution >= 0.6 is 0 Å². The number of nitrogens with two attached hydrogens (primary N) is 1. The Balaban J connectivity index is 2.39. The van der Waals surface area contributed by atoms with Crippen LogP contribution in [0.1, 0.15) is 25.2 Å². The van der Waals surface area contributed by atoms with Crippen molar-refractivity contribution in [1.29, 1.82) is 0 Å². The van der Waals surface area contributed by atoms with Crippen LogP contribution in [-0.2, 0) is 4.74 Å². The molecule has 0 aromatic carbocycles. The Morgan fingerprint density at radius 3 is 2.93 bits per heavy atom. The maximum absolute atomic E-state index is 5.74. The van der Waals surface area contributed by atoms with Crippen LogP contribution in [0.3, 0.4) is 0 Å². The smallest absolute Gasteiger partial charge is 0.417 e. The Labute approximate surface area is 82.4 Å². The van der Waals surface area contributed by atoms with Gasteiger partial charge in [0.25, 0.3) is 0 Å². The Bertz CT molecular complexity index is 264. The molecule has 1 heterocycles. The van der Waals surface area contributed by atoms with E-state index in [4.69, 9.17) is 19.7 Å². The Morgan fingerprint density at radius 1 is 1.57 bits per heavy atom. The number of rotatable bonds is 6. The fraction of sp³-hybridized carbons (Fsp3) is 0.750. The molecule has 1 atom stereocenters. The predicted molar refractivity (Wildman–Crippen MR) is 48.9 cm³/mol. The third-order valence-electron chi connectivity index (χ3n) is 1.58. The molecule has 1 rings (SSSR count). The molecule has 6 nitrogen and oxygen atoms in total. The third-order valence-corrected chi connectivity index (χ3v) is 1.58. The van der Waals surface area contributed by atoms with Crippen LogP contribution in [0.15, 0.2) is 4.52 Å². The molecule has 0 spiro atoms. The minimum atomic E-state index is -0.366. The predicted octanol–water partition coefficient (Wildman–Crippen LogP) is 0.505. The number of nitrogens with zero attached hydrogens (tertiary/aromatic N) is 2. The second kappa shape index (κ2) is 5.56. The highest BCUT2D eigenvalue weighted by Gasteiger charge is 2.14. The standard InChI is InChI=1S/C8H15N3O3/c1-3-4-13-5-6(9)7-10-8(12-2)14-11-7/h6H,3-5,9H2,1-2H3. The highest BCUT2D eigenvalue weighted by molar-refractivity contribution is 4.95. The van der Waals surface area contributed by atoms with E-state index >= 15 is 0 Å². The van der Waals surface area contributed by atoms with Gasteiger partial charge in [0, 0.05) is 6.61 Å². The monoisotopic (exact) mass is 201 g/mol. The van der Waals surface area contributed by atoms with E-state index in [1.165, 1.54) is 7.11 Å². The summed E-state index contributed by atoms with van der Waals surface area (Å²) in [5, 5.41) is 3.65. The van der Waals surface area contributed by atoms with Gasteiger partial charge >= 0.3 is 6.08 Å². The van der Waals surface area contributed by atoms with Gasteiger partial charge < -0.3 is 15.2 Å². The zero-order valence-electron chi connectivity index (χ0n) is 8.40. The van der Waals surface area contributed by atoms with Crippen molar-refractivity contribution in [2.24, 2.45) is 5.73 Å². The maximum Gasteiger partial charge on any atom is 0.417 e. The van der Waals surface area contributed by atoms with Crippen LogP contribution in [0.5, 0.6) is 6.08 Å². The second-order valence-corrected chi connectivity index (χ2v) is 2.80. The molecule has 6 heteroatoms. The minimum absolute atomic E-state index is 0.117. The Hall–Kier alpha value is -1.14. The van der Waals surface area contributed by atoms with Gasteiger partial charge in [0.05, 0.1) is 19.8 Å². The van der Waals surface area contributed by atoms with Gasteiger partial charge in [-0.25, -0.2) is 0 Å². The summed E-state index contributed by atoms with van der Waals surface area (Å²) in [6.07, 6.45) is 1.08. The SMILES string of the molecule is CCCOCC(N)c1noc(OC)n1. The number of ether oxygens (including phenoxy) is 2. The van der Waals surface area contributed by atoms with Crippen LogP contribution in [-0.4, -0.2) is 30.5 Å². The summed E-state index contributed by atoms with van der Waals surface area (Å²) in [5.74, 6) is 0.401. The van der Waals surface area contributed by atoms with E-state index in [2.05, 4.69) is 10.1 Å². The third kappa shape index (κ3) is 2.97. The van der Waals surface area contributed by atoms with E-state index in [1.54, 1.807) is 0 Å². The molecule has 1 unspecified atom stereocenters. The van der Waals surface area contributed by atoms with Gasteiger partial charge in [-0.15, -0.1) is 0 Å². The molecule has 0 radical (unpaired) electrons. The van der Waals surface area contributed by atoms with Gasteiger partial charge in [-0.3, -0.25) is 4.52 Å². The van der Waals surface area contributed by atoms with Crippen LogP contribution in [0.2, 0.25) is 0 Å². The maximum atomic E-state index is 5.74. The first-order valence-electron chi connectivity index (χ1n) is 4.48. The number of hydrogen-bond acceptors (Lipinski definition) is 6. The van der Waals surface area contributed by atoms with Gasteiger partial charge in [0.15, 0.2) is 5.82 Å². The first-order valence-corrected chi connectivity index (χ1v) is 4.48. The van der Waals surface area contributed by atoms with Gasteiger partial charge in [-0.2, -0.15) is 4.98 Å². The summed E-state index contributed by atoms with van der Waals surface area (Å²) in [6, 6.07) is -0.366. The van der Waals surface area contributed by atoms with E-state index in [0.29, 0.717) is 19.0 Å². The fourth-order valence-corrected chi connectivity index (χ4v) is 0.883. The largest absolute Gasteiger partial charge is 0.452 e. The average Bonchev–Trinajstić information content (AvgIpc) is 2.66. The molecule has 14 heavy (non-hydrogen) atoms. The number of aromatic nitrogens is 2. The minimum Gasteiger partial charge on any atom is -0.452 e. The van der Waals surface area contributed by atoms with E-state index < -0.39 is 0 Å². The summed E-state index contributed by atoms with van der Waals surface area (Å²) in [6.45, 7) is 3.10. The van der Waals surface area contributed by atoms with Crippen LogP contribution < -0.4 is 10.5 Å². The van der Waals surface area contributed by atoms with E-state index in [9.17, 15) is 0 Å². The van der Waals surface area contributed by atoms with Crippen molar-refractivity contribution in [1.82, 2.24) is 10.1 Å². The lowest BCUT2D eigenvalue weighted by Crippen LogP contribution is -2.18. The Morgan fingerprint density at radius 2 is 2.36 bits per heavy atom. The van der Waals surface area contributed by atoms with E-state index in [-0.39, 0.29) is 12.1 Å². The molecule has 0 aliphatic carbocycles.